The number of rotatable bonds is 3. The zero-order valence-corrected chi connectivity index (χ0v) is 10.1. The number of aromatic nitrogens is 1. The van der Waals surface area contributed by atoms with E-state index in [1.807, 2.05) is 17.8 Å². The molecule has 0 saturated carbocycles. The van der Waals surface area contributed by atoms with Crippen molar-refractivity contribution in [2.24, 2.45) is 0 Å². The summed E-state index contributed by atoms with van der Waals surface area (Å²) in [4.78, 5) is 5.29. The monoisotopic (exact) mass is 248 g/mol. The minimum atomic E-state index is -0.133. The highest BCUT2D eigenvalue weighted by Crippen LogP contribution is 2.31. The van der Waals surface area contributed by atoms with Crippen molar-refractivity contribution in [3.63, 3.8) is 0 Å². The molecule has 0 bridgehead atoms. The molecule has 4 heteroatoms. The van der Waals surface area contributed by atoms with Crippen LogP contribution in [-0.4, -0.2) is 4.98 Å². The largest absolute Gasteiger partial charge is 0.305 e. The Hall–Kier alpha value is -1.26. The summed E-state index contributed by atoms with van der Waals surface area (Å²) in [6.07, 6.45) is 3.91. The fourth-order valence-electron chi connectivity index (χ4n) is 2.35. The molecule has 88 valence electrons. The second kappa shape index (κ2) is 4.55. The van der Waals surface area contributed by atoms with Gasteiger partial charge < -0.3 is 5.32 Å². The smallest absolute Gasteiger partial charge is 0.123 e. The summed E-state index contributed by atoms with van der Waals surface area (Å²) >= 11 is 1.66. The van der Waals surface area contributed by atoms with Gasteiger partial charge in [0.25, 0.3) is 0 Å². The summed E-state index contributed by atoms with van der Waals surface area (Å²) in [6, 6.07) is 5.46. The molecule has 0 spiro atoms. The van der Waals surface area contributed by atoms with Gasteiger partial charge in [-0.15, -0.1) is 11.3 Å². The fourth-order valence-corrected chi connectivity index (χ4v) is 2.90. The van der Waals surface area contributed by atoms with Crippen LogP contribution in [0.15, 0.2) is 29.9 Å². The topological polar surface area (TPSA) is 24.9 Å². The van der Waals surface area contributed by atoms with E-state index in [9.17, 15) is 4.39 Å². The van der Waals surface area contributed by atoms with Crippen LogP contribution in [0.3, 0.4) is 0 Å². The zero-order valence-electron chi connectivity index (χ0n) is 9.32. The first-order chi connectivity index (χ1) is 8.33. The summed E-state index contributed by atoms with van der Waals surface area (Å²) in [6.45, 7) is 0.839. The lowest BCUT2D eigenvalue weighted by molar-refractivity contribution is 0.533. The number of hydrogen-bond acceptors (Lipinski definition) is 3. The molecule has 1 atom stereocenters. The standard InChI is InChI=1S/C13H13FN2S/c14-10-2-3-12-9(5-10)1-4-13(12)16-7-11-6-15-8-17-11/h2-3,5-6,8,13,16H,1,4,7H2. The third-order valence-electron chi connectivity index (χ3n) is 3.19. The zero-order chi connectivity index (χ0) is 11.7. The molecule has 0 saturated heterocycles. The predicted octanol–water partition coefficient (Wildman–Crippen LogP) is 3.06. The first kappa shape index (κ1) is 10.9. The van der Waals surface area contributed by atoms with E-state index >= 15 is 0 Å². The highest BCUT2D eigenvalue weighted by molar-refractivity contribution is 7.09. The van der Waals surface area contributed by atoms with E-state index < -0.39 is 0 Å². The molecule has 1 aliphatic carbocycles. The Morgan fingerprint density at radius 3 is 3.24 bits per heavy atom. The lowest BCUT2D eigenvalue weighted by Gasteiger charge is -2.12. The summed E-state index contributed by atoms with van der Waals surface area (Å²) in [7, 11) is 0. The molecule has 0 radical (unpaired) electrons. The van der Waals surface area contributed by atoms with Crippen molar-refractivity contribution in [2.45, 2.75) is 25.4 Å². The predicted molar refractivity (Wildman–Crippen MR) is 66.4 cm³/mol. The van der Waals surface area contributed by atoms with Gasteiger partial charge in [0.2, 0.25) is 0 Å². The molecule has 1 unspecified atom stereocenters. The molecule has 1 N–H and O–H groups in total. The van der Waals surface area contributed by atoms with Crippen LogP contribution in [0.5, 0.6) is 0 Å². The Morgan fingerprint density at radius 1 is 1.47 bits per heavy atom. The van der Waals surface area contributed by atoms with Crippen LogP contribution in [0, 0.1) is 5.82 Å². The Labute approximate surface area is 104 Å². The van der Waals surface area contributed by atoms with Gasteiger partial charge in [-0.2, -0.15) is 0 Å². The molecule has 0 fully saturated rings. The molecule has 0 amide bonds. The first-order valence-corrected chi connectivity index (χ1v) is 6.60. The average molecular weight is 248 g/mol. The van der Waals surface area contributed by atoms with Gasteiger partial charge in [0.05, 0.1) is 5.51 Å². The lowest BCUT2D eigenvalue weighted by Crippen LogP contribution is -2.18. The van der Waals surface area contributed by atoms with Crippen LogP contribution in [0.2, 0.25) is 0 Å². The second-order valence-corrected chi connectivity index (χ2v) is 5.25. The van der Waals surface area contributed by atoms with Crippen LogP contribution < -0.4 is 5.32 Å². The van der Waals surface area contributed by atoms with Gasteiger partial charge in [-0.05, 0) is 36.1 Å². The number of benzene rings is 1. The molecule has 0 aliphatic heterocycles. The quantitative estimate of drug-likeness (QED) is 0.903. The van der Waals surface area contributed by atoms with Crippen molar-refractivity contribution in [3.05, 3.63) is 51.7 Å². The van der Waals surface area contributed by atoms with E-state index in [2.05, 4.69) is 10.3 Å². The van der Waals surface area contributed by atoms with Gasteiger partial charge in [-0.1, -0.05) is 6.07 Å². The van der Waals surface area contributed by atoms with Crippen molar-refractivity contribution in [1.29, 1.82) is 0 Å². The second-order valence-electron chi connectivity index (χ2n) is 4.28. The fraction of sp³-hybridized carbons (Fsp3) is 0.308. The van der Waals surface area contributed by atoms with Crippen molar-refractivity contribution < 1.29 is 4.39 Å². The maximum atomic E-state index is 13.1. The van der Waals surface area contributed by atoms with Crippen molar-refractivity contribution in [3.8, 4) is 0 Å². The van der Waals surface area contributed by atoms with Crippen LogP contribution >= 0.6 is 11.3 Å². The maximum absolute atomic E-state index is 13.1. The highest BCUT2D eigenvalue weighted by atomic mass is 32.1. The molecule has 2 nitrogen and oxygen atoms in total. The van der Waals surface area contributed by atoms with Gasteiger partial charge in [-0.25, -0.2) is 4.39 Å². The minimum Gasteiger partial charge on any atom is -0.305 e. The Morgan fingerprint density at radius 2 is 2.41 bits per heavy atom. The molecule has 1 aromatic heterocycles. The van der Waals surface area contributed by atoms with Crippen molar-refractivity contribution in [1.82, 2.24) is 10.3 Å². The maximum Gasteiger partial charge on any atom is 0.123 e. The number of aryl methyl sites for hydroxylation is 1. The Balaban J connectivity index is 1.71. The number of hydrogen-bond donors (Lipinski definition) is 1. The summed E-state index contributed by atoms with van der Waals surface area (Å²) in [5, 5.41) is 3.51. The lowest BCUT2D eigenvalue weighted by atomic mass is 10.1. The molecular formula is C13H13FN2S. The number of thiazole rings is 1. The van der Waals surface area contributed by atoms with Gasteiger partial charge in [0.15, 0.2) is 0 Å². The molecule has 1 heterocycles. The van der Waals surface area contributed by atoms with E-state index in [0.29, 0.717) is 6.04 Å². The van der Waals surface area contributed by atoms with Gasteiger partial charge in [-0.3, -0.25) is 4.98 Å². The first-order valence-electron chi connectivity index (χ1n) is 5.72. The number of nitrogens with zero attached hydrogens (tertiary/aromatic N) is 1. The summed E-state index contributed by atoms with van der Waals surface area (Å²) < 4.78 is 13.1. The molecule has 3 rings (SSSR count). The average Bonchev–Trinajstić information content (AvgIpc) is 2.94. The highest BCUT2D eigenvalue weighted by Gasteiger charge is 2.22. The van der Waals surface area contributed by atoms with Gasteiger partial charge in [0, 0.05) is 23.7 Å². The van der Waals surface area contributed by atoms with Crippen LogP contribution in [0.1, 0.15) is 28.5 Å². The van der Waals surface area contributed by atoms with Crippen molar-refractivity contribution in [2.75, 3.05) is 0 Å². The molecule has 2 aromatic rings. The molecular weight excluding hydrogens is 235 g/mol. The number of fused-ring (bicyclic) bond motifs is 1. The number of nitrogens with one attached hydrogen (secondary N) is 1. The number of halogens is 1. The molecule has 17 heavy (non-hydrogen) atoms. The molecule has 1 aromatic carbocycles. The van der Waals surface area contributed by atoms with Gasteiger partial charge in [0.1, 0.15) is 5.82 Å². The van der Waals surface area contributed by atoms with E-state index in [0.717, 1.165) is 24.9 Å². The van der Waals surface area contributed by atoms with Crippen molar-refractivity contribution >= 4 is 11.3 Å². The van der Waals surface area contributed by atoms with E-state index in [4.69, 9.17) is 0 Å². The van der Waals surface area contributed by atoms with E-state index in [1.165, 1.54) is 10.4 Å². The van der Waals surface area contributed by atoms with Gasteiger partial charge >= 0.3 is 0 Å². The van der Waals surface area contributed by atoms with Crippen LogP contribution in [0.4, 0.5) is 4.39 Å². The SMILES string of the molecule is Fc1ccc2c(c1)CCC2NCc1cncs1. The molecule has 1 aliphatic rings. The van der Waals surface area contributed by atoms with Crippen LogP contribution in [0.25, 0.3) is 0 Å². The summed E-state index contributed by atoms with van der Waals surface area (Å²) in [5.74, 6) is -0.133. The summed E-state index contributed by atoms with van der Waals surface area (Å²) in [5.41, 5.74) is 4.23. The van der Waals surface area contributed by atoms with Crippen LogP contribution in [-0.2, 0) is 13.0 Å². The van der Waals surface area contributed by atoms with E-state index in [1.54, 1.807) is 23.5 Å². The normalized spacial score (nSPS) is 18.3. The Bertz CT molecular complexity index is 510. The third-order valence-corrected chi connectivity index (χ3v) is 3.97. The Kier molecular flexibility index (Phi) is 2.91. The van der Waals surface area contributed by atoms with E-state index in [-0.39, 0.29) is 5.82 Å². The third kappa shape index (κ3) is 2.23. The minimum absolute atomic E-state index is 0.133.